The van der Waals surface area contributed by atoms with Crippen LogP contribution < -0.4 is 0 Å². The molecule has 0 saturated heterocycles. The molecule has 28 heavy (non-hydrogen) atoms. The summed E-state index contributed by atoms with van der Waals surface area (Å²) in [6, 6.07) is 0. The van der Waals surface area contributed by atoms with E-state index in [9.17, 15) is 0 Å². The van der Waals surface area contributed by atoms with Crippen LogP contribution in [0.5, 0.6) is 0 Å². The van der Waals surface area contributed by atoms with Crippen molar-refractivity contribution >= 4 is 0 Å². The van der Waals surface area contributed by atoms with Gasteiger partial charge < -0.3 is 0 Å². The van der Waals surface area contributed by atoms with E-state index < -0.39 is 0 Å². The first-order valence-electron chi connectivity index (χ1n) is 13.2. The number of hydrogen-bond acceptors (Lipinski definition) is 0. The van der Waals surface area contributed by atoms with Crippen LogP contribution in [0.4, 0.5) is 0 Å². The van der Waals surface area contributed by atoms with Gasteiger partial charge in [0.25, 0.3) is 0 Å². The summed E-state index contributed by atoms with van der Waals surface area (Å²) in [4.78, 5) is 0. The van der Waals surface area contributed by atoms with Crippen molar-refractivity contribution < 1.29 is 0 Å². The molecule has 0 radical (unpaired) electrons. The van der Waals surface area contributed by atoms with Crippen molar-refractivity contribution in [2.24, 2.45) is 57.2 Å². The van der Waals surface area contributed by atoms with E-state index >= 15 is 0 Å². The zero-order valence-corrected chi connectivity index (χ0v) is 19.9. The third-order valence-corrected chi connectivity index (χ3v) is 12.7. The summed E-state index contributed by atoms with van der Waals surface area (Å²) in [7, 11) is 0. The Morgan fingerprint density at radius 3 is 2.14 bits per heavy atom. The van der Waals surface area contributed by atoms with Crippen LogP contribution in [0, 0.1) is 57.2 Å². The van der Waals surface area contributed by atoms with Crippen LogP contribution in [0.25, 0.3) is 0 Å². The molecule has 5 fully saturated rings. The first-order valence-corrected chi connectivity index (χ1v) is 13.2. The molecule has 5 saturated carbocycles. The van der Waals surface area contributed by atoms with Crippen LogP contribution in [0.1, 0.15) is 119 Å². The van der Waals surface area contributed by atoms with Crippen molar-refractivity contribution in [1.29, 1.82) is 0 Å². The van der Waals surface area contributed by atoms with Crippen LogP contribution >= 0.6 is 0 Å². The maximum absolute atomic E-state index is 2.81. The molecule has 0 heteroatoms. The first-order chi connectivity index (χ1) is 13.2. The molecule has 0 aromatic rings. The molecule has 0 aliphatic heterocycles. The van der Waals surface area contributed by atoms with Crippen LogP contribution in [-0.4, -0.2) is 0 Å². The fourth-order valence-electron chi connectivity index (χ4n) is 11.3. The lowest BCUT2D eigenvalue weighted by Crippen LogP contribution is -2.64. The van der Waals surface area contributed by atoms with Gasteiger partial charge in [0.2, 0.25) is 0 Å². The van der Waals surface area contributed by atoms with Gasteiger partial charge in [0.15, 0.2) is 0 Å². The van der Waals surface area contributed by atoms with Crippen molar-refractivity contribution in [2.75, 3.05) is 0 Å². The fourth-order valence-corrected chi connectivity index (χ4v) is 11.3. The van der Waals surface area contributed by atoms with E-state index in [1.165, 1.54) is 38.5 Å². The van der Waals surface area contributed by atoms with Gasteiger partial charge in [-0.2, -0.15) is 0 Å². The van der Waals surface area contributed by atoms with E-state index in [1.807, 2.05) is 0 Å². The minimum Gasteiger partial charge on any atom is -0.0651 e. The van der Waals surface area contributed by atoms with Crippen LogP contribution in [0.15, 0.2) is 0 Å². The first kappa shape index (κ1) is 19.9. The van der Waals surface area contributed by atoms with Gasteiger partial charge in [-0.1, -0.05) is 54.4 Å². The maximum Gasteiger partial charge on any atom is -0.0235 e. The highest BCUT2D eigenvalue weighted by molar-refractivity contribution is 5.16. The summed E-state index contributed by atoms with van der Waals surface area (Å²) >= 11 is 0. The molecule has 9 atom stereocenters. The Morgan fingerprint density at radius 2 is 1.39 bits per heavy atom. The molecule has 0 spiro atoms. The van der Waals surface area contributed by atoms with Crippen molar-refractivity contribution in [1.82, 2.24) is 0 Å². The highest BCUT2D eigenvalue weighted by Crippen LogP contribution is 2.75. The summed E-state index contributed by atoms with van der Waals surface area (Å²) < 4.78 is 0. The lowest BCUT2D eigenvalue weighted by atomic mass is 9.33. The van der Waals surface area contributed by atoms with Crippen LogP contribution in [-0.2, 0) is 0 Å². The van der Waals surface area contributed by atoms with Gasteiger partial charge in [0.1, 0.15) is 0 Å². The molecule has 0 amide bonds. The van der Waals surface area contributed by atoms with E-state index in [0.717, 1.165) is 35.5 Å². The van der Waals surface area contributed by atoms with Crippen molar-refractivity contribution in [2.45, 2.75) is 119 Å². The Hall–Kier alpha value is 0. The van der Waals surface area contributed by atoms with Gasteiger partial charge in [0.05, 0.1) is 0 Å². The fraction of sp³-hybridized carbons (Fsp3) is 1.00. The van der Waals surface area contributed by atoms with E-state index in [0.29, 0.717) is 21.7 Å². The second-order valence-corrected chi connectivity index (χ2v) is 13.6. The molecule has 0 N–H and O–H groups in total. The Kier molecular flexibility index (Phi) is 4.46. The molecule has 0 aromatic carbocycles. The SMILES string of the molecule is CCC1CCC2C1CCC1(C)C2CCC2C3(C)CCCC(C)(C)C3CCC21C. The smallest absolute Gasteiger partial charge is 0.0235 e. The summed E-state index contributed by atoms with van der Waals surface area (Å²) in [6.07, 6.45) is 18.3. The van der Waals surface area contributed by atoms with Gasteiger partial charge in [0, 0.05) is 0 Å². The zero-order valence-electron chi connectivity index (χ0n) is 19.9. The normalized spacial score (nSPS) is 57.6. The quantitative estimate of drug-likeness (QED) is 0.425. The molecule has 0 heterocycles. The Labute approximate surface area is 176 Å². The summed E-state index contributed by atoms with van der Waals surface area (Å²) in [5, 5.41) is 0. The molecule has 5 rings (SSSR count). The summed E-state index contributed by atoms with van der Waals surface area (Å²) in [6.45, 7) is 16.1. The van der Waals surface area contributed by atoms with Crippen molar-refractivity contribution in [3.05, 3.63) is 0 Å². The van der Waals surface area contributed by atoms with Gasteiger partial charge in [-0.05, 0) is 121 Å². The molecule has 0 aromatic heterocycles. The third-order valence-electron chi connectivity index (χ3n) is 12.7. The average Bonchev–Trinajstić information content (AvgIpc) is 3.04. The van der Waals surface area contributed by atoms with E-state index in [4.69, 9.17) is 0 Å². The van der Waals surface area contributed by atoms with E-state index in [2.05, 4.69) is 41.5 Å². The van der Waals surface area contributed by atoms with Crippen molar-refractivity contribution in [3.63, 3.8) is 0 Å². The van der Waals surface area contributed by atoms with Gasteiger partial charge in [-0.25, -0.2) is 0 Å². The molecule has 0 nitrogen and oxygen atoms in total. The van der Waals surface area contributed by atoms with Gasteiger partial charge in [-0.15, -0.1) is 0 Å². The lowest BCUT2D eigenvalue weighted by molar-refractivity contribution is -0.227. The highest BCUT2D eigenvalue weighted by Gasteiger charge is 2.67. The zero-order chi connectivity index (χ0) is 19.9. The largest absolute Gasteiger partial charge is 0.0651 e. The molecule has 9 unspecified atom stereocenters. The molecule has 5 aliphatic carbocycles. The second kappa shape index (κ2) is 6.26. The summed E-state index contributed by atoms with van der Waals surface area (Å²) in [5.41, 5.74) is 2.41. The Bertz CT molecular complexity index is 618. The third kappa shape index (κ3) is 2.36. The van der Waals surface area contributed by atoms with Crippen molar-refractivity contribution in [3.8, 4) is 0 Å². The molecular formula is C28H48. The van der Waals surface area contributed by atoms with Gasteiger partial charge in [-0.3, -0.25) is 0 Å². The van der Waals surface area contributed by atoms with E-state index in [1.54, 1.807) is 38.5 Å². The highest BCUT2D eigenvalue weighted by atomic mass is 14.7. The minimum absolute atomic E-state index is 0.573. The number of hydrogen-bond donors (Lipinski definition) is 0. The predicted octanol–water partition coefficient (Wildman–Crippen LogP) is 8.50. The minimum atomic E-state index is 0.573. The Balaban J connectivity index is 1.50. The average molecular weight is 385 g/mol. The lowest BCUT2D eigenvalue weighted by Gasteiger charge is -2.71. The van der Waals surface area contributed by atoms with Crippen LogP contribution in [0.3, 0.4) is 0 Å². The standard InChI is InChI=1S/C28H48/c1-7-19-9-10-21-20(19)13-17-27(5)22(21)11-12-24-26(4)16-8-15-25(2,3)23(26)14-18-28(24,27)6/h19-24H,7-18H2,1-6H3. The maximum atomic E-state index is 2.81. The number of fused-ring (bicyclic) bond motifs is 7. The molecular weight excluding hydrogens is 336 g/mol. The molecule has 160 valence electrons. The number of rotatable bonds is 1. The predicted molar refractivity (Wildman–Crippen MR) is 120 cm³/mol. The Morgan fingerprint density at radius 1 is 0.643 bits per heavy atom. The monoisotopic (exact) mass is 384 g/mol. The summed E-state index contributed by atoms with van der Waals surface area (Å²) in [5.74, 6) is 6.23. The topological polar surface area (TPSA) is 0 Å². The molecule has 5 aliphatic rings. The van der Waals surface area contributed by atoms with Crippen LogP contribution in [0.2, 0.25) is 0 Å². The van der Waals surface area contributed by atoms with Gasteiger partial charge >= 0.3 is 0 Å². The molecule has 0 bridgehead atoms. The van der Waals surface area contributed by atoms with E-state index in [-0.39, 0.29) is 0 Å². The second-order valence-electron chi connectivity index (χ2n) is 13.6.